The van der Waals surface area contributed by atoms with Gasteiger partial charge in [-0.3, -0.25) is 9.69 Å². The maximum atomic E-state index is 12.9. The zero-order valence-electron chi connectivity index (χ0n) is 12.3. The van der Waals surface area contributed by atoms with Crippen LogP contribution in [0, 0.1) is 5.82 Å². The molecule has 1 heterocycles. The van der Waals surface area contributed by atoms with Crippen LogP contribution in [0.15, 0.2) is 24.3 Å². The second kappa shape index (κ2) is 6.56. The number of halogens is 1. The number of amides is 3. The van der Waals surface area contributed by atoms with E-state index in [1.165, 1.54) is 17.0 Å². The molecule has 3 amide bonds. The van der Waals surface area contributed by atoms with E-state index in [0.717, 1.165) is 6.42 Å². The van der Waals surface area contributed by atoms with E-state index in [2.05, 4.69) is 5.32 Å². The summed E-state index contributed by atoms with van der Waals surface area (Å²) in [5.41, 5.74) is 0.619. The molecule has 1 N–H and O–H groups in total. The fourth-order valence-corrected chi connectivity index (χ4v) is 2.38. The molecule has 0 aromatic heterocycles. The van der Waals surface area contributed by atoms with Crippen molar-refractivity contribution in [2.75, 3.05) is 25.0 Å². The average Bonchev–Trinajstić information content (AvgIpc) is 2.95. The van der Waals surface area contributed by atoms with Gasteiger partial charge >= 0.3 is 6.03 Å². The van der Waals surface area contributed by atoms with Crippen molar-refractivity contribution in [1.82, 2.24) is 10.2 Å². The maximum Gasteiger partial charge on any atom is 0.321 e. The van der Waals surface area contributed by atoms with Gasteiger partial charge in [-0.25, -0.2) is 9.18 Å². The molecule has 1 atom stereocenters. The number of hydrogen-bond acceptors (Lipinski definition) is 2. The minimum Gasteiger partial charge on any atom is -0.341 e. The zero-order valence-corrected chi connectivity index (χ0v) is 12.3. The van der Waals surface area contributed by atoms with Gasteiger partial charge in [0.2, 0.25) is 5.91 Å². The Labute approximate surface area is 123 Å². The van der Waals surface area contributed by atoms with Gasteiger partial charge in [-0.15, -0.1) is 0 Å². The molecule has 1 aliphatic heterocycles. The number of benzene rings is 1. The van der Waals surface area contributed by atoms with Crippen LogP contribution in [0.5, 0.6) is 0 Å². The lowest BCUT2D eigenvalue weighted by molar-refractivity contribution is -0.129. The summed E-state index contributed by atoms with van der Waals surface area (Å²) in [6.45, 7) is 3.06. The van der Waals surface area contributed by atoms with Crippen molar-refractivity contribution in [3.63, 3.8) is 0 Å². The largest absolute Gasteiger partial charge is 0.341 e. The molecular formula is C15H20FN3O2. The number of hydrogen-bond donors (Lipinski definition) is 1. The molecule has 2 rings (SSSR count). The van der Waals surface area contributed by atoms with Crippen molar-refractivity contribution in [3.8, 4) is 0 Å². The number of carbonyl (C=O) groups excluding carboxylic acids is 2. The highest BCUT2D eigenvalue weighted by Gasteiger charge is 2.27. The van der Waals surface area contributed by atoms with Crippen LogP contribution in [-0.2, 0) is 4.79 Å². The van der Waals surface area contributed by atoms with Crippen LogP contribution in [-0.4, -0.2) is 43.0 Å². The standard InChI is InChI=1S/C15H20FN3O2/c1-3-14(20)19-9-8-12(10-19)17-15(21)18(2)13-6-4-11(16)5-7-13/h4-7,12H,3,8-10H2,1-2H3,(H,17,21)/t12-/m0/s1. The molecule has 1 aliphatic rings. The molecule has 114 valence electrons. The molecule has 1 fully saturated rings. The minimum absolute atomic E-state index is 0.0316. The van der Waals surface area contributed by atoms with Gasteiger partial charge in [0.25, 0.3) is 0 Å². The molecule has 0 saturated carbocycles. The van der Waals surface area contributed by atoms with Crippen molar-refractivity contribution in [2.24, 2.45) is 0 Å². The molecule has 0 spiro atoms. The van der Waals surface area contributed by atoms with Crippen LogP contribution >= 0.6 is 0 Å². The van der Waals surface area contributed by atoms with Gasteiger partial charge < -0.3 is 10.2 Å². The van der Waals surface area contributed by atoms with Crippen molar-refractivity contribution in [3.05, 3.63) is 30.1 Å². The van der Waals surface area contributed by atoms with Crippen LogP contribution in [0.2, 0.25) is 0 Å². The predicted molar refractivity (Wildman–Crippen MR) is 78.6 cm³/mol. The SMILES string of the molecule is CCC(=O)N1CC[C@H](NC(=O)N(C)c2ccc(F)cc2)C1. The third-order valence-electron chi connectivity index (χ3n) is 3.69. The number of rotatable bonds is 3. The third kappa shape index (κ3) is 3.71. The highest BCUT2D eigenvalue weighted by Crippen LogP contribution is 2.15. The predicted octanol–water partition coefficient (Wildman–Crippen LogP) is 1.98. The Morgan fingerprint density at radius 3 is 2.67 bits per heavy atom. The Morgan fingerprint density at radius 2 is 2.05 bits per heavy atom. The smallest absolute Gasteiger partial charge is 0.321 e. The second-order valence-corrected chi connectivity index (χ2v) is 5.16. The minimum atomic E-state index is -0.336. The lowest BCUT2D eigenvalue weighted by Gasteiger charge is -2.21. The summed E-state index contributed by atoms with van der Waals surface area (Å²) in [7, 11) is 1.63. The van der Waals surface area contributed by atoms with Crippen molar-refractivity contribution in [2.45, 2.75) is 25.8 Å². The summed E-state index contributed by atoms with van der Waals surface area (Å²) in [5, 5.41) is 2.90. The Bertz CT molecular complexity index is 518. The molecule has 1 saturated heterocycles. The highest BCUT2D eigenvalue weighted by molar-refractivity contribution is 5.91. The molecule has 0 unspecified atom stereocenters. The Hall–Kier alpha value is -2.11. The van der Waals surface area contributed by atoms with Gasteiger partial charge in [0.05, 0.1) is 0 Å². The first-order valence-electron chi connectivity index (χ1n) is 7.08. The molecule has 5 nitrogen and oxygen atoms in total. The lowest BCUT2D eigenvalue weighted by Crippen LogP contribution is -2.44. The van der Waals surface area contributed by atoms with E-state index in [-0.39, 0.29) is 23.8 Å². The van der Waals surface area contributed by atoms with Crippen LogP contribution < -0.4 is 10.2 Å². The van der Waals surface area contributed by atoms with Crippen LogP contribution in [0.25, 0.3) is 0 Å². The number of anilines is 1. The number of nitrogens with zero attached hydrogens (tertiary/aromatic N) is 2. The van der Waals surface area contributed by atoms with Crippen LogP contribution in [0.4, 0.5) is 14.9 Å². The summed E-state index contributed by atoms with van der Waals surface area (Å²) < 4.78 is 12.9. The summed E-state index contributed by atoms with van der Waals surface area (Å²) in [6, 6.07) is 5.45. The number of carbonyl (C=O) groups is 2. The number of nitrogens with one attached hydrogen (secondary N) is 1. The summed E-state index contributed by atoms with van der Waals surface area (Å²) in [4.78, 5) is 26.9. The maximum absolute atomic E-state index is 12.9. The quantitative estimate of drug-likeness (QED) is 0.926. The molecule has 6 heteroatoms. The zero-order chi connectivity index (χ0) is 15.4. The fraction of sp³-hybridized carbons (Fsp3) is 0.467. The van der Waals surface area contributed by atoms with E-state index in [0.29, 0.717) is 25.2 Å². The van der Waals surface area contributed by atoms with E-state index in [1.54, 1.807) is 24.1 Å². The summed E-state index contributed by atoms with van der Waals surface area (Å²) in [5.74, 6) is -0.226. The third-order valence-corrected chi connectivity index (χ3v) is 3.69. The average molecular weight is 293 g/mol. The highest BCUT2D eigenvalue weighted by atomic mass is 19.1. The van der Waals surface area contributed by atoms with E-state index in [1.807, 2.05) is 6.92 Å². The second-order valence-electron chi connectivity index (χ2n) is 5.16. The van der Waals surface area contributed by atoms with Gasteiger partial charge in [0.1, 0.15) is 5.82 Å². The molecule has 0 aliphatic carbocycles. The van der Waals surface area contributed by atoms with E-state index in [4.69, 9.17) is 0 Å². The Morgan fingerprint density at radius 1 is 1.38 bits per heavy atom. The molecular weight excluding hydrogens is 273 g/mol. The van der Waals surface area contributed by atoms with E-state index in [9.17, 15) is 14.0 Å². The molecule has 0 bridgehead atoms. The summed E-state index contributed by atoms with van der Waals surface area (Å²) >= 11 is 0. The molecule has 1 aromatic carbocycles. The van der Waals surface area contributed by atoms with Crippen molar-refractivity contribution in [1.29, 1.82) is 0 Å². The van der Waals surface area contributed by atoms with Gasteiger partial charge in [0, 0.05) is 38.3 Å². The lowest BCUT2D eigenvalue weighted by atomic mass is 10.2. The van der Waals surface area contributed by atoms with Gasteiger partial charge in [-0.2, -0.15) is 0 Å². The van der Waals surface area contributed by atoms with Gasteiger partial charge in [-0.1, -0.05) is 6.92 Å². The van der Waals surface area contributed by atoms with Crippen molar-refractivity contribution < 1.29 is 14.0 Å². The van der Waals surface area contributed by atoms with Crippen LogP contribution in [0.1, 0.15) is 19.8 Å². The van der Waals surface area contributed by atoms with E-state index >= 15 is 0 Å². The Kier molecular flexibility index (Phi) is 4.77. The first-order valence-corrected chi connectivity index (χ1v) is 7.08. The van der Waals surface area contributed by atoms with Crippen LogP contribution in [0.3, 0.4) is 0 Å². The molecule has 1 aromatic rings. The first-order chi connectivity index (χ1) is 10.0. The van der Waals surface area contributed by atoms with Gasteiger partial charge in [-0.05, 0) is 30.7 Å². The van der Waals surface area contributed by atoms with E-state index < -0.39 is 0 Å². The Balaban J connectivity index is 1.90. The fourth-order valence-electron chi connectivity index (χ4n) is 2.38. The number of likely N-dealkylation sites (tertiary alicyclic amines) is 1. The normalized spacial score (nSPS) is 17.7. The van der Waals surface area contributed by atoms with Gasteiger partial charge in [0.15, 0.2) is 0 Å². The summed E-state index contributed by atoms with van der Waals surface area (Å²) in [6.07, 6.45) is 1.24. The topological polar surface area (TPSA) is 52.7 Å². The first kappa shape index (κ1) is 15.3. The monoisotopic (exact) mass is 293 g/mol. The molecule has 0 radical (unpaired) electrons. The number of urea groups is 1. The molecule has 21 heavy (non-hydrogen) atoms. The van der Waals surface area contributed by atoms with Crippen molar-refractivity contribution >= 4 is 17.6 Å².